The molecule has 0 aromatic heterocycles. The number of amides is 1. The number of ether oxygens (including phenoxy) is 1. The normalized spacial score (nSPS) is 22.6. The summed E-state index contributed by atoms with van der Waals surface area (Å²) in [6.45, 7) is 3.28. The van der Waals surface area contributed by atoms with Crippen LogP contribution in [0.1, 0.15) is 22.6 Å². The summed E-state index contributed by atoms with van der Waals surface area (Å²) < 4.78 is 5.46. The van der Waals surface area contributed by atoms with Crippen molar-refractivity contribution in [1.29, 1.82) is 0 Å². The van der Waals surface area contributed by atoms with Crippen molar-refractivity contribution in [3.8, 4) is 0 Å². The Hall–Kier alpha value is -1.88. The zero-order valence-electron chi connectivity index (χ0n) is 14.1. The Labute approximate surface area is 154 Å². The van der Waals surface area contributed by atoms with Gasteiger partial charge in [-0.3, -0.25) is 4.79 Å². The fraction of sp³-hybridized carbons (Fsp3) is 0.350. The third kappa shape index (κ3) is 3.71. The van der Waals surface area contributed by atoms with Gasteiger partial charge < -0.3 is 15.0 Å². The number of benzene rings is 2. The Kier molecular flexibility index (Phi) is 5.74. The van der Waals surface area contributed by atoms with E-state index in [1.165, 1.54) is 16.7 Å². The van der Waals surface area contributed by atoms with Gasteiger partial charge in [0.25, 0.3) is 0 Å². The third-order valence-electron chi connectivity index (χ3n) is 4.93. The van der Waals surface area contributed by atoms with E-state index in [9.17, 15) is 4.79 Å². The van der Waals surface area contributed by atoms with Gasteiger partial charge in [-0.25, -0.2) is 0 Å². The zero-order valence-corrected chi connectivity index (χ0v) is 14.9. The summed E-state index contributed by atoms with van der Waals surface area (Å²) in [6.07, 6.45) is 0. The second-order valence-corrected chi connectivity index (χ2v) is 6.46. The molecule has 2 atom stereocenters. The molecule has 0 radical (unpaired) electrons. The average Bonchev–Trinajstić information content (AvgIpc) is 2.68. The first-order valence-electron chi connectivity index (χ1n) is 8.55. The van der Waals surface area contributed by atoms with E-state index in [4.69, 9.17) is 4.74 Å². The molecule has 4 rings (SSSR count). The number of hydrogen-bond acceptors (Lipinski definition) is 3. The highest BCUT2D eigenvalue weighted by atomic mass is 35.5. The first-order chi connectivity index (χ1) is 11.8. The number of nitrogens with one attached hydrogen (secondary N) is 1. The number of carbonyl (C=O) groups excluding carboxylic acids is 1. The summed E-state index contributed by atoms with van der Waals surface area (Å²) in [5, 5.41) is 3.28. The van der Waals surface area contributed by atoms with Crippen molar-refractivity contribution in [2.24, 2.45) is 0 Å². The predicted molar refractivity (Wildman–Crippen MR) is 100 cm³/mol. The van der Waals surface area contributed by atoms with Crippen LogP contribution in [0.4, 0.5) is 0 Å². The summed E-state index contributed by atoms with van der Waals surface area (Å²) in [6, 6.07) is 18.7. The minimum absolute atomic E-state index is 0. The van der Waals surface area contributed by atoms with Gasteiger partial charge in [0.1, 0.15) is 6.04 Å². The summed E-state index contributed by atoms with van der Waals surface area (Å²) in [4.78, 5) is 14.9. The highest BCUT2D eigenvalue weighted by Gasteiger charge is 2.33. The molecule has 0 bridgehead atoms. The van der Waals surface area contributed by atoms with Crippen LogP contribution in [0.25, 0.3) is 0 Å². The number of nitrogens with zero attached hydrogens (tertiary/aromatic N) is 1. The van der Waals surface area contributed by atoms with Gasteiger partial charge in [-0.05, 0) is 16.7 Å². The van der Waals surface area contributed by atoms with Gasteiger partial charge in [0.2, 0.25) is 5.91 Å². The molecule has 2 aromatic carbocycles. The number of fused-ring (bicyclic) bond motifs is 1. The summed E-state index contributed by atoms with van der Waals surface area (Å²) in [7, 11) is 0. The molecule has 2 heterocycles. The number of carbonyl (C=O) groups is 1. The maximum absolute atomic E-state index is 12.9. The lowest BCUT2D eigenvalue weighted by Crippen LogP contribution is -2.53. The minimum atomic E-state index is -0.222. The van der Waals surface area contributed by atoms with Crippen LogP contribution in [0, 0.1) is 0 Å². The van der Waals surface area contributed by atoms with Crippen molar-refractivity contribution < 1.29 is 9.53 Å². The summed E-state index contributed by atoms with van der Waals surface area (Å²) in [5.41, 5.74) is 3.83. The maximum atomic E-state index is 12.9. The van der Waals surface area contributed by atoms with Gasteiger partial charge in [-0.15, -0.1) is 12.4 Å². The topological polar surface area (TPSA) is 41.6 Å². The number of hydrogen-bond donors (Lipinski definition) is 1. The fourth-order valence-electron chi connectivity index (χ4n) is 3.69. The van der Waals surface area contributed by atoms with Crippen molar-refractivity contribution in [2.45, 2.75) is 18.5 Å². The Morgan fingerprint density at radius 3 is 2.60 bits per heavy atom. The molecule has 1 amide bonds. The monoisotopic (exact) mass is 358 g/mol. The lowest BCUT2D eigenvalue weighted by molar-refractivity contribution is -0.137. The van der Waals surface area contributed by atoms with E-state index >= 15 is 0 Å². The predicted octanol–water partition coefficient (Wildman–Crippen LogP) is 2.57. The third-order valence-corrected chi connectivity index (χ3v) is 4.93. The first-order valence-corrected chi connectivity index (χ1v) is 8.55. The van der Waals surface area contributed by atoms with Crippen molar-refractivity contribution in [2.75, 3.05) is 26.3 Å². The van der Waals surface area contributed by atoms with Crippen LogP contribution in [0.5, 0.6) is 0 Å². The molecular weight excluding hydrogens is 336 g/mol. The fourth-order valence-corrected chi connectivity index (χ4v) is 3.69. The number of rotatable bonds is 2. The highest BCUT2D eigenvalue weighted by molar-refractivity contribution is 5.85. The number of halogens is 1. The summed E-state index contributed by atoms with van der Waals surface area (Å²) in [5.74, 6) is 0.370. The van der Waals surface area contributed by atoms with Gasteiger partial charge in [0.15, 0.2) is 0 Å². The minimum Gasteiger partial charge on any atom is -0.378 e. The van der Waals surface area contributed by atoms with Gasteiger partial charge in [0, 0.05) is 25.6 Å². The van der Waals surface area contributed by atoms with Crippen LogP contribution < -0.4 is 5.32 Å². The SMILES string of the molecule is Cl.O=C(C1COCCN1)N1Cc2ccccc2C(c2ccccc2)C1. The molecule has 0 spiro atoms. The van der Waals surface area contributed by atoms with Crippen LogP contribution in [0.2, 0.25) is 0 Å². The standard InChI is InChI=1S/C20H22N2O2.ClH/c23-20(19-14-24-11-10-21-19)22-12-16-8-4-5-9-17(16)18(13-22)15-6-2-1-3-7-15;/h1-9,18-19,21H,10-14H2;1H. The molecule has 2 unspecified atom stereocenters. The van der Waals surface area contributed by atoms with Crippen LogP contribution in [-0.2, 0) is 16.1 Å². The van der Waals surface area contributed by atoms with Gasteiger partial charge in [-0.2, -0.15) is 0 Å². The molecule has 1 saturated heterocycles. The second-order valence-electron chi connectivity index (χ2n) is 6.46. The zero-order chi connectivity index (χ0) is 16.4. The lowest BCUT2D eigenvalue weighted by atomic mass is 9.84. The van der Waals surface area contributed by atoms with Crippen LogP contribution in [-0.4, -0.2) is 43.2 Å². The highest BCUT2D eigenvalue weighted by Crippen LogP contribution is 2.33. The molecule has 1 fully saturated rings. The van der Waals surface area contributed by atoms with E-state index < -0.39 is 0 Å². The second kappa shape index (κ2) is 8.00. The van der Waals surface area contributed by atoms with E-state index in [1.54, 1.807) is 0 Å². The molecule has 132 valence electrons. The maximum Gasteiger partial charge on any atom is 0.242 e. The van der Waals surface area contributed by atoms with Crippen molar-refractivity contribution in [3.63, 3.8) is 0 Å². The number of morpholine rings is 1. The van der Waals surface area contributed by atoms with Crippen LogP contribution in [0.3, 0.4) is 0 Å². The largest absolute Gasteiger partial charge is 0.378 e. The van der Waals surface area contributed by atoms with E-state index in [2.05, 4.69) is 53.8 Å². The van der Waals surface area contributed by atoms with Crippen LogP contribution >= 0.6 is 12.4 Å². The molecule has 4 nitrogen and oxygen atoms in total. The Morgan fingerprint density at radius 1 is 1.08 bits per heavy atom. The van der Waals surface area contributed by atoms with Crippen molar-refractivity contribution >= 4 is 18.3 Å². The molecular formula is C20H23ClN2O2. The van der Waals surface area contributed by atoms with Gasteiger partial charge >= 0.3 is 0 Å². The van der Waals surface area contributed by atoms with E-state index in [0.29, 0.717) is 19.8 Å². The van der Waals surface area contributed by atoms with Gasteiger partial charge in [-0.1, -0.05) is 54.6 Å². The van der Waals surface area contributed by atoms with Crippen molar-refractivity contribution in [1.82, 2.24) is 10.2 Å². The molecule has 2 aromatic rings. The first kappa shape index (κ1) is 17.9. The quantitative estimate of drug-likeness (QED) is 0.897. The summed E-state index contributed by atoms with van der Waals surface area (Å²) >= 11 is 0. The van der Waals surface area contributed by atoms with Gasteiger partial charge in [0.05, 0.1) is 13.2 Å². The molecule has 2 aliphatic heterocycles. The molecule has 0 aliphatic carbocycles. The lowest BCUT2D eigenvalue weighted by Gasteiger charge is -2.37. The Bertz CT molecular complexity index is 717. The van der Waals surface area contributed by atoms with Crippen molar-refractivity contribution in [3.05, 3.63) is 71.3 Å². The average molecular weight is 359 g/mol. The smallest absolute Gasteiger partial charge is 0.242 e. The molecule has 5 heteroatoms. The molecule has 2 aliphatic rings. The van der Waals surface area contributed by atoms with E-state index in [1.807, 2.05) is 11.0 Å². The Balaban J connectivity index is 0.00000182. The van der Waals surface area contributed by atoms with Crippen LogP contribution in [0.15, 0.2) is 54.6 Å². The molecule has 1 N–H and O–H groups in total. The molecule has 0 saturated carbocycles. The van der Waals surface area contributed by atoms with E-state index in [-0.39, 0.29) is 30.3 Å². The molecule has 25 heavy (non-hydrogen) atoms. The Morgan fingerprint density at radius 2 is 1.84 bits per heavy atom. The van der Waals surface area contributed by atoms with E-state index in [0.717, 1.165) is 13.1 Å².